The third kappa shape index (κ3) is 2.34. The molecule has 4 nitrogen and oxygen atoms in total. The Bertz CT molecular complexity index is 485. The SMILES string of the molecule is COc1ccc(N(C)c2cs[c]n2)cc1OC. The average Bonchev–Trinajstić information content (AvgIpc) is 2.90. The van der Waals surface area contributed by atoms with Gasteiger partial charge in [0.15, 0.2) is 17.0 Å². The average molecular weight is 249 g/mol. The molecule has 89 valence electrons. The summed E-state index contributed by atoms with van der Waals surface area (Å²) < 4.78 is 10.5. The van der Waals surface area contributed by atoms with Crippen molar-refractivity contribution in [1.29, 1.82) is 0 Å². The lowest BCUT2D eigenvalue weighted by atomic mass is 10.2. The predicted octanol–water partition coefficient (Wildman–Crippen LogP) is 2.73. The maximum atomic E-state index is 5.27. The van der Waals surface area contributed by atoms with E-state index < -0.39 is 0 Å². The fraction of sp³-hybridized carbons (Fsp3) is 0.250. The van der Waals surface area contributed by atoms with Gasteiger partial charge in [0, 0.05) is 24.2 Å². The van der Waals surface area contributed by atoms with E-state index in [9.17, 15) is 0 Å². The maximum absolute atomic E-state index is 5.27. The van der Waals surface area contributed by atoms with Crippen LogP contribution in [0.25, 0.3) is 0 Å². The van der Waals surface area contributed by atoms with Gasteiger partial charge in [-0.1, -0.05) is 0 Å². The number of benzene rings is 1. The van der Waals surface area contributed by atoms with Crippen LogP contribution >= 0.6 is 11.3 Å². The fourth-order valence-electron chi connectivity index (χ4n) is 1.50. The van der Waals surface area contributed by atoms with Gasteiger partial charge in [-0.15, -0.1) is 11.3 Å². The van der Waals surface area contributed by atoms with Crippen LogP contribution in [0.15, 0.2) is 23.6 Å². The van der Waals surface area contributed by atoms with Crippen molar-refractivity contribution < 1.29 is 9.47 Å². The van der Waals surface area contributed by atoms with E-state index in [1.165, 1.54) is 11.3 Å². The van der Waals surface area contributed by atoms with Gasteiger partial charge >= 0.3 is 0 Å². The largest absolute Gasteiger partial charge is 0.493 e. The second-order valence-electron chi connectivity index (χ2n) is 3.40. The molecule has 0 unspecified atom stereocenters. The lowest BCUT2D eigenvalue weighted by molar-refractivity contribution is 0.355. The molecule has 0 spiro atoms. The standard InChI is InChI=1S/C12H13N2O2S/c1-14(12-7-17-8-13-12)9-4-5-10(15-2)11(6-9)16-3/h4-7H,1-3H3. The molecule has 1 aromatic carbocycles. The van der Waals surface area contributed by atoms with E-state index in [1.54, 1.807) is 14.2 Å². The molecule has 1 aromatic heterocycles. The quantitative estimate of drug-likeness (QED) is 0.834. The zero-order valence-corrected chi connectivity index (χ0v) is 10.7. The van der Waals surface area contributed by atoms with E-state index in [0.717, 1.165) is 17.3 Å². The van der Waals surface area contributed by atoms with Crippen LogP contribution in [0, 0.1) is 5.51 Å². The first-order valence-corrected chi connectivity index (χ1v) is 5.91. The molecule has 17 heavy (non-hydrogen) atoms. The molecular weight excluding hydrogens is 236 g/mol. The second kappa shape index (κ2) is 5.05. The van der Waals surface area contributed by atoms with Gasteiger partial charge in [0.25, 0.3) is 0 Å². The number of anilines is 2. The number of hydrogen-bond donors (Lipinski definition) is 0. The molecule has 0 atom stereocenters. The Morgan fingerprint density at radius 2 is 2.00 bits per heavy atom. The molecule has 1 heterocycles. The first kappa shape index (κ1) is 11.7. The van der Waals surface area contributed by atoms with Crippen LogP contribution in [0.3, 0.4) is 0 Å². The normalized spacial score (nSPS) is 10.1. The Morgan fingerprint density at radius 3 is 2.59 bits per heavy atom. The molecule has 5 heteroatoms. The van der Waals surface area contributed by atoms with Gasteiger partial charge in [-0.05, 0) is 12.1 Å². The molecule has 0 aliphatic heterocycles. The number of hydrogen-bond acceptors (Lipinski definition) is 5. The Labute approximate surface area is 104 Å². The highest BCUT2D eigenvalue weighted by Crippen LogP contribution is 2.33. The molecule has 0 aliphatic carbocycles. The number of methoxy groups -OCH3 is 2. The summed E-state index contributed by atoms with van der Waals surface area (Å²) in [7, 11) is 5.19. The third-order valence-corrected chi connectivity index (χ3v) is 3.00. The molecule has 2 rings (SSSR count). The number of rotatable bonds is 4. The summed E-state index contributed by atoms with van der Waals surface area (Å²) in [5.74, 6) is 2.28. The highest BCUT2D eigenvalue weighted by molar-refractivity contribution is 7.07. The molecule has 0 amide bonds. The van der Waals surface area contributed by atoms with Crippen LogP contribution in [-0.2, 0) is 0 Å². The van der Waals surface area contributed by atoms with Crippen molar-refractivity contribution in [2.75, 3.05) is 26.2 Å². The highest BCUT2D eigenvalue weighted by Gasteiger charge is 2.10. The number of ether oxygens (including phenoxy) is 2. The second-order valence-corrected chi connectivity index (χ2v) is 4.05. The van der Waals surface area contributed by atoms with Gasteiger partial charge in [-0.25, -0.2) is 4.98 Å². The minimum absolute atomic E-state index is 0.705. The van der Waals surface area contributed by atoms with Crippen molar-refractivity contribution in [2.45, 2.75) is 0 Å². The van der Waals surface area contributed by atoms with Gasteiger partial charge in [0.05, 0.1) is 14.2 Å². The molecule has 0 fully saturated rings. The van der Waals surface area contributed by atoms with Crippen molar-refractivity contribution in [3.05, 3.63) is 29.1 Å². The number of thiazole rings is 1. The molecule has 0 saturated heterocycles. The minimum atomic E-state index is 0.705. The van der Waals surface area contributed by atoms with Crippen LogP contribution in [0.1, 0.15) is 0 Å². The van der Waals surface area contributed by atoms with E-state index >= 15 is 0 Å². The van der Waals surface area contributed by atoms with Crippen molar-refractivity contribution in [3.8, 4) is 11.5 Å². The minimum Gasteiger partial charge on any atom is -0.493 e. The van der Waals surface area contributed by atoms with Gasteiger partial charge < -0.3 is 14.4 Å². The van der Waals surface area contributed by atoms with E-state index in [1.807, 2.05) is 35.5 Å². The molecule has 0 saturated carbocycles. The van der Waals surface area contributed by atoms with Gasteiger partial charge in [-0.2, -0.15) is 0 Å². The van der Waals surface area contributed by atoms with Crippen LogP contribution in [-0.4, -0.2) is 26.3 Å². The Balaban J connectivity index is 2.33. The summed E-state index contributed by atoms with van der Waals surface area (Å²) in [4.78, 5) is 6.11. The van der Waals surface area contributed by atoms with E-state index in [0.29, 0.717) is 5.75 Å². The lowest BCUT2D eigenvalue weighted by Gasteiger charge is -2.18. The number of aromatic nitrogens is 1. The Hall–Kier alpha value is -1.75. The summed E-state index contributed by atoms with van der Waals surface area (Å²) in [5.41, 5.74) is 3.81. The van der Waals surface area contributed by atoms with Gasteiger partial charge in [0.2, 0.25) is 0 Å². The fourth-order valence-corrected chi connectivity index (χ4v) is 2.01. The van der Waals surface area contributed by atoms with Gasteiger partial charge in [-0.3, -0.25) is 0 Å². The molecular formula is C12H13N2O2S. The highest BCUT2D eigenvalue weighted by atomic mass is 32.1. The van der Waals surface area contributed by atoms with E-state index in [2.05, 4.69) is 10.5 Å². The van der Waals surface area contributed by atoms with Crippen molar-refractivity contribution in [3.63, 3.8) is 0 Å². The third-order valence-electron chi connectivity index (χ3n) is 2.48. The summed E-state index contributed by atoms with van der Waals surface area (Å²) in [6.07, 6.45) is 0. The molecule has 0 N–H and O–H groups in total. The van der Waals surface area contributed by atoms with Crippen LogP contribution in [0.4, 0.5) is 11.5 Å². The Morgan fingerprint density at radius 1 is 1.24 bits per heavy atom. The van der Waals surface area contributed by atoms with Gasteiger partial charge in [0.1, 0.15) is 5.82 Å². The molecule has 2 aromatic rings. The first-order valence-electron chi connectivity index (χ1n) is 5.03. The molecule has 0 bridgehead atoms. The van der Waals surface area contributed by atoms with Crippen molar-refractivity contribution >= 4 is 22.8 Å². The summed E-state index contributed by atoms with van der Waals surface area (Å²) >= 11 is 1.45. The van der Waals surface area contributed by atoms with E-state index in [-0.39, 0.29) is 0 Å². The zero-order chi connectivity index (χ0) is 12.3. The van der Waals surface area contributed by atoms with E-state index in [4.69, 9.17) is 9.47 Å². The predicted molar refractivity (Wildman–Crippen MR) is 68.6 cm³/mol. The van der Waals surface area contributed by atoms with Crippen LogP contribution in [0.2, 0.25) is 0 Å². The molecule has 0 aliphatic rings. The first-order chi connectivity index (χ1) is 8.26. The lowest BCUT2D eigenvalue weighted by Crippen LogP contribution is -2.09. The topological polar surface area (TPSA) is 34.6 Å². The summed E-state index contributed by atoms with van der Waals surface area (Å²) in [5, 5.41) is 1.94. The summed E-state index contributed by atoms with van der Waals surface area (Å²) in [6, 6.07) is 5.75. The maximum Gasteiger partial charge on any atom is 0.162 e. The smallest absolute Gasteiger partial charge is 0.162 e. The zero-order valence-electron chi connectivity index (χ0n) is 9.93. The van der Waals surface area contributed by atoms with Crippen LogP contribution in [0.5, 0.6) is 11.5 Å². The Kier molecular flexibility index (Phi) is 3.49. The van der Waals surface area contributed by atoms with Crippen molar-refractivity contribution in [1.82, 2.24) is 4.98 Å². The molecule has 1 radical (unpaired) electrons. The van der Waals surface area contributed by atoms with Crippen LogP contribution < -0.4 is 14.4 Å². The number of nitrogens with zero attached hydrogens (tertiary/aromatic N) is 2. The summed E-state index contributed by atoms with van der Waals surface area (Å²) in [6.45, 7) is 0. The monoisotopic (exact) mass is 249 g/mol. The van der Waals surface area contributed by atoms with Crippen molar-refractivity contribution in [2.24, 2.45) is 0 Å².